The molecule has 0 saturated heterocycles. The summed E-state index contributed by atoms with van der Waals surface area (Å²) < 4.78 is 5.52. The lowest BCUT2D eigenvalue weighted by atomic mass is 9.82. The molecule has 2 heteroatoms. The van der Waals surface area contributed by atoms with E-state index in [1.54, 1.807) is 6.08 Å². The molecule has 1 N–H and O–H groups in total. The third kappa shape index (κ3) is 3.10. The Labute approximate surface area is 103 Å². The van der Waals surface area contributed by atoms with Gasteiger partial charge >= 0.3 is 0 Å². The zero-order valence-electron chi connectivity index (χ0n) is 10.1. The molecule has 2 atom stereocenters. The van der Waals surface area contributed by atoms with Gasteiger partial charge in [-0.15, -0.1) is 0 Å². The molecule has 0 aliphatic heterocycles. The smallest absolute Gasteiger partial charge is 0.120 e. The van der Waals surface area contributed by atoms with Crippen molar-refractivity contribution in [2.24, 2.45) is 0 Å². The molecular formula is C15H20O2. The van der Waals surface area contributed by atoms with Gasteiger partial charge < -0.3 is 9.84 Å². The molecule has 0 aromatic heterocycles. The molecule has 0 bridgehead atoms. The van der Waals surface area contributed by atoms with Crippen molar-refractivity contribution in [1.82, 2.24) is 0 Å². The highest BCUT2D eigenvalue weighted by atomic mass is 16.5. The Morgan fingerprint density at radius 2 is 2.18 bits per heavy atom. The van der Waals surface area contributed by atoms with E-state index in [1.807, 2.05) is 18.2 Å². The summed E-state index contributed by atoms with van der Waals surface area (Å²) >= 11 is 0. The van der Waals surface area contributed by atoms with Crippen LogP contribution in [0.1, 0.15) is 37.2 Å². The van der Waals surface area contributed by atoms with Crippen LogP contribution in [0, 0.1) is 0 Å². The molecule has 1 saturated carbocycles. The van der Waals surface area contributed by atoms with Gasteiger partial charge in [-0.1, -0.05) is 37.6 Å². The van der Waals surface area contributed by atoms with E-state index in [4.69, 9.17) is 4.74 Å². The Balaban J connectivity index is 2.11. The van der Waals surface area contributed by atoms with E-state index < -0.39 is 0 Å². The number of hydrogen-bond donors (Lipinski definition) is 1. The third-order valence-electron chi connectivity index (χ3n) is 3.38. The average molecular weight is 232 g/mol. The molecule has 1 aromatic carbocycles. The molecule has 1 fully saturated rings. The van der Waals surface area contributed by atoms with Gasteiger partial charge in [0, 0.05) is 5.92 Å². The number of benzene rings is 1. The highest BCUT2D eigenvalue weighted by Gasteiger charge is 2.24. The first kappa shape index (κ1) is 12.2. The fourth-order valence-electron chi connectivity index (χ4n) is 2.49. The summed E-state index contributed by atoms with van der Waals surface area (Å²) in [5.74, 6) is 1.14. The van der Waals surface area contributed by atoms with Crippen molar-refractivity contribution in [2.75, 3.05) is 6.61 Å². The van der Waals surface area contributed by atoms with Crippen molar-refractivity contribution in [3.63, 3.8) is 0 Å². The molecule has 0 amide bonds. The molecule has 0 radical (unpaired) electrons. The molecular weight excluding hydrogens is 212 g/mol. The molecule has 17 heavy (non-hydrogen) atoms. The van der Waals surface area contributed by atoms with Gasteiger partial charge in [-0.05, 0) is 30.5 Å². The van der Waals surface area contributed by atoms with Crippen LogP contribution in [0.3, 0.4) is 0 Å². The van der Waals surface area contributed by atoms with Gasteiger partial charge in [-0.2, -0.15) is 0 Å². The van der Waals surface area contributed by atoms with E-state index in [1.165, 1.54) is 12.0 Å². The number of aliphatic hydroxyl groups is 1. The van der Waals surface area contributed by atoms with Crippen LogP contribution in [0.5, 0.6) is 5.75 Å². The summed E-state index contributed by atoms with van der Waals surface area (Å²) in [7, 11) is 0. The van der Waals surface area contributed by atoms with Crippen LogP contribution in [0.15, 0.2) is 36.9 Å². The van der Waals surface area contributed by atoms with Crippen LogP contribution in [0.2, 0.25) is 0 Å². The molecule has 1 aliphatic rings. The normalized spacial score (nSPS) is 24.3. The number of aliphatic hydroxyl groups excluding tert-OH is 1. The van der Waals surface area contributed by atoms with Gasteiger partial charge in [0.05, 0.1) is 6.10 Å². The maximum absolute atomic E-state index is 10.0. The van der Waals surface area contributed by atoms with E-state index in [2.05, 4.69) is 12.6 Å². The molecule has 0 spiro atoms. The topological polar surface area (TPSA) is 29.5 Å². The van der Waals surface area contributed by atoms with E-state index in [9.17, 15) is 5.11 Å². The summed E-state index contributed by atoms with van der Waals surface area (Å²) in [5, 5.41) is 10.0. The molecule has 2 rings (SSSR count). The largest absolute Gasteiger partial charge is 0.490 e. The van der Waals surface area contributed by atoms with Crippen LogP contribution in [0.25, 0.3) is 0 Å². The van der Waals surface area contributed by atoms with Crippen molar-refractivity contribution < 1.29 is 9.84 Å². The lowest BCUT2D eigenvalue weighted by molar-refractivity contribution is 0.106. The zero-order valence-corrected chi connectivity index (χ0v) is 10.1. The second-order valence-electron chi connectivity index (χ2n) is 4.63. The van der Waals surface area contributed by atoms with Crippen LogP contribution < -0.4 is 4.74 Å². The van der Waals surface area contributed by atoms with Crippen molar-refractivity contribution in [3.05, 3.63) is 42.5 Å². The standard InChI is InChI=1S/C15H20O2/c1-2-10-17-13-7-5-6-12(11-13)14-8-3-4-9-15(14)16/h2,5-7,11,14-16H,1,3-4,8-10H2/t14-,15+/m1/s1. The van der Waals surface area contributed by atoms with E-state index >= 15 is 0 Å². The Kier molecular flexibility index (Phi) is 4.21. The monoisotopic (exact) mass is 232 g/mol. The first-order chi connectivity index (χ1) is 8.31. The van der Waals surface area contributed by atoms with E-state index in [0.717, 1.165) is 25.0 Å². The van der Waals surface area contributed by atoms with E-state index in [0.29, 0.717) is 6.61 Å². The Hall–Kier alpha value is -1.28. The first-order valence-corrected chi connectivity index (χ1v) is 6.33. The van der Waals surface area contributed by atoms with E-state index in [-0.39, 0.29) is 12.0 Å². The van der Waals surface area contributed by atoms with Crippen molar-refractivity contribution in [3.8, 4) is 5.75 Å². The highest BCUT2D eigenvalue weighted by Crippen LogP contribution is 2.34. The highest BCUT2D eigenvalue weighted by molar-refractivity contribution is 5.31. The molecule has 0 unspecified atom stereocenters. The summed E-state index contributed by atoms with van der Waals surface area (Å²) in [6.45, 7) is 4.16. The number of ether oxygens (including phenoxy) is 1. The van der Waals surface area contributed by atoms with Gasteiger partial charge in [0.1, 0.15) is 12.4 Å². The number of rotatable bonds is 4. The van der Waals surface area contributed by atoms with Crippen molar-refractivity contribution >= 4 is 0 Å². The minimum atomic E-state index is -0.196. The second kappa shape index (κ2) is 5.87. The average Bonchev–Trinajstić information content (AvgIpc) is 2.37. The zero-order chi connectivity index (χ0) is 12.1. The molecule has 2 nitrogen and oxygen atoms in total. The third-order valence-corrected chi connectivity index (χ3v) is 3.38. The minimum Gasteiger partial charge on any atom is -0.490 e. The fourth-order valence-corrected chi connectivity index (χ4v) is 2.49. The van der Waals surface area contributed by atoms with Crippen molar-refractivity contribution in [2.45, 2.75) is 37.7 Å². The Morgan fingerprint density at radius 1 is 1.35 bits per heavy atom. The molecule has 0 heterocycles. The predicted molar refractivity (Wildman–Crippen MR) is 69.3 cm³/mol. The van der Waals surface area contributed by atoms with Crippen molar-refractivity contribution in [1.29, 1.82) is 0 Å². The van der Waals surface area contributed by atoms with Gasteiger partial charge in [-0.3, -0.25) is 0 Å². The maximum atomic E-state index is 10.0. The summed E-state index contributed by atoms with van der Waals surface area (Å²) in [6.07, 6.45) is 5.89. The SMILES string of the molecule is C=CCOc1cccc([C@H]2CCCC[C@@H]2O)c1. The Bertz CT molecular complexity index is 373. The maximum Gasteiger partial charge on any atom is 0.120 e. The molecule has 92 valence electrons. The molecule has 1 aliphatic carbocycles. The lowest BCUT2D eigenvalue weighted by Gasteiger charge is -2.28. The van der Waals surface area contributed by atoms with Gasteiger partial charge in [0.25, 0.3) is 0 Å². The lowest BCUT2D eigenvalue weighted by Crippen LogP contribution is -2.22. The predicted octanol–water partition coefficient (Wildman–Crippen LogP) is 3.27. The van der Waals surface area contributed by atoms with Gasteiger partial charge in [0.2, 0.25) is 0 Å². The van der Waals surface area contributed by atoms with Gasteiger partial charge in [-0.25, -0.2) is 0 Å². The Morgan fingerprint density at radius 3 is 2.94 bits per heavy atom. The van der Waals surface area contributed by atoms with Crippen LogP contribution >= 0.6 is 0 Å². The fraction of sp³-hybridized carbons (Fsp3) is 0.467. The first-order valence-electron chi connectivity index (χ1n) is 6.33. The molecule has 1 aromatic rings. The number of hydrogen-bond acceptors (Lipinski definition) is 2. The quantitative estimate of drug-likeness (QED) is 0.807. The van der Waals surface area contributed by atoms with Crippen LogP contribution in [-0.4, -0.2) is 17.8 Å². The summed E-state index contributed by atoms with van der Waals surface area (Å²) in [5.41, 5.74) is 1.19. The summed E-state index contributed by atoms with van der Waals surface area (Å²) in [6, 6.07) is 8.07. The van der Waals surface area contributed by atoms with Gasteiger partial charge in [0.15, 0.2) is 0 Å². The second-order valence-corrected chi connectivity index (χ2v) is 4.63. The van der Waals surface area contributed by atoms with Crippen LogP contribution in [0.4, 0.5) is 0 Å². The van der Waals surface area contributed by atoms with Crippen LogP contribution in [-0.2, 0) is 0 Å². The minimum absolute atomic E-state index is 0.196. The summed E-state index contributed by atoms with van der Waals surface area (Å²) in [4.78, 5) is 0.